The lowest BCUT2D eigenvalue weighted by Crippen LogP contribution is -2.08. The first-order chi connectivity index (χ1) is 6.74. The van der Waals surface area contributed by atoms with Crippen molar-refractivity contribution in [3.8, 4) is 24.3 Å². The summed E-state index contributed by atoms with van der Waals surface area (Å²) in [6.07, 6.45) is 5.08. The summed E-state index contributed by atoms with van der Waals surface area (Å²) in [4.78, 5) is 6.42. The lowest BCUT2D eigenvalue weighted by atomic mass is 9.97. The van der Waals surface area contributed by atoms with Crippen molar-refractivity contribution in [1.82, 2.24) is 9.97 Å². The monoisotopic (exact) mass is 184 g/mol. The SMILES string of the molecule is N#CC(C#N)(C#N)C#N.c1c[nH]cn1. The summed E-state index contributed by atoms with van der Waals surface area (Å²) in [6, 6.07) is 5.12. The van der Waals surface area contributed by atoms with Crippen LogP contribution >= 0.6 is 0 Å². The first-order valence-electron chi connectivity index (χ1n) is 3.32. The van der Waals surface area contributed by atoms with E-state index in [0.717, 1.165) is 0 Å². The number of aromatic nitrogens is 2. The number of hydrogen-bond donors (Lipinski definition) is 1. The molecule has 6 heteroatoms. The van der Waals surface area contributed by atoms with E-state index in [4.69, 9.17) is 21.0 Å². The number of H-pyrrole nitrogens is 1. The minimum absolute atomic E-state index is 1.28. The molecule has 0 saturated heterocycles. The van der Waals surface area contributed by atoms with E-state index >= 15 is 0 Å². The second-order valence-electron chi connectivity index (χ2n) is 1.96. The summed E-state index contributed by atoms with van der Waals surface area (Å²) in [5.41, 5.74) is -2.11. The highest BCUT2D eigenvalue weighted by Gasteiger charge is 2.28. The smallest absolute Gasteiger partial charge is 0.312 e. The number of rotatable bonds is 0. The first kappa shape index (κ1) is 11.2. The van der Waals surface area contributed by atoms with Gasteiger partial charge in [0.1, 0.15) is 24.3 Å². The Balaban J connectivity index is 0.000000280. The van der Waals surface area contributed by atoms with Gasteiger partial charge in [0.05, 0.1) is 6.33 Å². The van der Waals surface area contributed by atoms with Gasteiger partial charge in [0.25, 0.3) is 0 Å². The number of nitriles is 4. The van der Waals surface area contributed by atoms with E-state index in [2.05, 4.69) is 9.97 Å². The molecule has 0 unspecified atom stereocenters. The molecule has 0 aromatic carbocycles. The molecule has 0 atom stereocenters. The summed E-state index contributed by atoms with van der Waals surface area (Å²) in [7, 11) is 0. The molecule has 1 aromatic heterocycles. The predicted octanol–water partition coefficient (Wildman–Crippen LogP) is 0.477. The molecule has 1 rings (SSSR count). The highest BCUT2D eigenvalue weighted by Crippen LogP contribution is 2.09. The molecule has 0 fully saturated rings. The van der Waals surface area contributed by atoms with Gasteiger partial charge < -0.3 is 4.98 Å². The molecular formula is C8H4N6. The van der Waals surface area contributed by atoms with Crippen LogP contribution in [0.5, 0.6) is 0 Å². The topological polar surface area (TPSA) is 124 Å². The van der Waals surface area contributed by atoms with E-state index in [1.165, 1.54) is 24.3 Å². The van der Waals surface area contributed by atoms with Crippen molar-refractivity contribution in [2.75, 3.05) is 0 Å². The summed E-state index contributed by atoms with van der Waals surface area (Å²) < 4.78 is 0. The fraction of sp³-hybridized carbons (Fsp3) is 0.125. The molecule has 0 saturated carbocycles. The zero-order chi connectivity index (χ0) is 10.9. The maximum Gasteiger partial charge on any atom is 0.312 e. The number of nitrogens with one attached hydrogen (secondary N) is 1. The van der Waals surface area contributed by atoms with Gasteiger partial charge in [-0.25, -0.2) is 4.98 Å². The van der Waals surface area contributed by atoms with Gasteiger partial charge in [-0.1, -0.05) is 0 Å². The van der Waals surface area contributed by atoms with Gasteiger partial charge in [-0.15, -0.1) is 0 Å². The second kappa shape index (κ2) is 5.77. The Kier molecular flexibility index (Phi) is 4.61. The van der Waals surface area contributed by atoms with Crippen molar-refractivity contribution >= 4 is 0 Å². The Bertz CT molecular complexity index is 340. The maximum atomic E-state index is 8.06. The van der Waals surface area contributed by atoms with Crippen LogP contribution in [0, 0.1) is 50.7 Å². The highest BCUT2D eigenvalue weighted by molar-refractivity contribution is 5.35. The Hall–Kier alpha value is -2.83. The summed E-state index contributed by atoms with van der Waals surface area (Å²) in [5.74, 6) is 0. The Morgan fingerprint density at radius 1 is 1.00 bits per heavy atom. The molecule has 66 valence electrons. The lowest BCUT2D eigenvalue weighted by Gasteiger charge is -1.89. The van der Waals surface area contributed by atoms with E-state index in [9.17, 15) is 0 Å². The zero-order valence-corrected chi connectivity index (χ0v) is 6.97. The summed E-state index contributed by atoms with van der Waals surface area (Å²) in [5, 5.41) is 32.2. The Morgan fingerprint density at radius 2 is 1.50 bits per heavy atom. The fourth-order valence-corrected chi connectivity index (χ4v) is 0.365. The van der Waals surface area contributed by atoms with Crippen LogP contribution in [-0.4, -0.2) is 9.97 Å². The van der Waals surface area contributed by atoms with Crippen LogP contribution in [0.2, 0.25) is 0 Å². The van der Waals surface area contributed by atoms with E-state index in [-0.39, 0.29) is 0 Å². The normalized spacial score (nSPS) is 7.71. The van der Waals surface area contributed by atoms with Crippen molar-refractivity contribution in [3.05, 3.63) is 18.7 Å². The molecule has 14 heavy (non-hydrogen) atoms. The van der Waals surface area contributed by atoms with Crippen LogP contribution in [0.4, 0.5) is 0 Å². The molecule has 0 aliphatic heterocycles. The van der Waals surface area contributed by atoms with Crippen molar-refractivity contribution in [1.29, 1.82) is 21.0 Å². The molecule has 6 nitrogen and oxygen atoms in total. The average molecular weight is 184 g/mol. The van der Waals surface area contributed by atoms with Crippen LogP contribution in [0.1, 0.15) is 0 Å². The number of imidazole rings is 1. The molecule has 0 radical (unpaired) electrons. The molecule has 0 bridgehead atoms. The van der Waals surface area contributed by atoms with Crippen LogP contribution in [0.15, 0.2) is 18.7 Å². The van der Waals surface area contributed by atoms with E-state index in [1.807, 2.05) is 0 Å². The molecule has 0 spiro atoms. The zero-order valence-electron chi connectivity index (χ0n) is 6.97. The summed E-state index contributed by atoms with van der Waals surface area (Å²) in [6.45, 7) is 0. The standard InChI is InChI=1S/C5N4.C3H4N2/c6-1-5(2-7,3-8)4-9;1-2-5-3-4-1/h;1-3H,(H,4,5). The summed E-state index contributed by atoms with van der Waals surface area (Å²) >= 11 is 0. The molecule has 1 aromatic rings. The molecule has 0 aliphatic carbocycles. The van der Waals surface area contributed by atoms with Gasteiger partial charge in [0.2, 0.25) is 0 Å². The van der Waals surface area contributed by atoms with E-state index in [1.54, 1.807) is 18.7 Å². The van der Waals surface area contributed by atoms with Gasteiger partial charge >= 0.3 is 5.41 Å². The van der Waals surface area contributed by atoms with E-state index < -0.39 is 5.41 Å². The Labute approximate surface area is 80.3 Å². The van der Waals surface area contributed by atoms with Crippen molar-refractivity contribution in [2.45, 2.75) is 0 Å². The third kappa shape index (κ3) is 3.05. The van der Waals surface area contributed by atoms with Crippen molar-refractivity contribution in [3.63, 3.8) is 0 Å². The molecule has 0 aliphatic rings. The minimum atomic E-state index is -2.11. The van der Waals surface area contributed by atoms with Crippen molar-refractivity contribution < 1.29 is 0 Å². The molecule has 1 heterocycles. The lowest BCUT2D eigenvalue weighted by molar-refractivity contribution is 0.893. The second-order valence-corrected chi connectivity index (χ2v) is 1.96. The van der Waals surface area contributed by atoms with Crippen LogP contribution in [0.25, 0.3) is 0 Å². The fourth-order valence-electron chi connectivity index (χ4n) is 0.365. The molecule has 1 N–H and O–H groups in total. The van der Waals surface area contributed by atoms with Gasteiger partial charge in [-0.3, -0.25) is 0 Å². The quantitative estimate of drug-likeness (QED) is 0.627. The van der Waals surface area contributed by atoms with Crippen LogP contribution in [0.3, 0.4) is 0 Å². The van der Waals surface area contributed by atoms with Gasteiger partial charge in [-0.2, -0.15) is 21.0 Å². The van der Waals surface area contributed by atoms with Crippen LogP contribution in [-0.2, 0) is 0 Å². The minimum Gasteiger partial charge on any atom is -0.351 e. The number of nitrogens with zero attached hydrogens (tertiary/aromatic N) is 5. The average Bonchev–Trinajstić information content (AvgIpc) is 2.80. The van der Waals surface area contributed by atoms with Crippen LogP contribution < -0.4 is 0 Å². The number of aromatic amines is 1. The number of hydrogen-bond acceptors (Lipinski definition) is 5. The maximum absolute atomic E-state index is 8.06. The predicted molar refractivity (Wildman–Crippen MR) is 43.5 cm³/mol. The molecule has 0 amide bonds. The van der Waals surface area contributed by atoms with Gasteiger partial charge in [-0.05, 0) is 0 Å². The van der Waals surface area contributed by atoms with Gasteiger partial charge in [0.15, 0.2) is 0 Å². The third-order valence-electron chi connectivity index (χ3n) is 1.08. The largest absolute Gasteiger partial charge is 0.351 e. The first-order valence-corrected chi connectivity index (χ1v) is 3.32. The van der Waals surface area contributed by atoms with Crippen molar-refractivity contribution in [2.24, 2.45) is 5.41 Å². The molecular weight excluding hydrogens is 180 g/mol. The highest BCUT2D eigenvalue weighted by atomic mass is 14.8. The van der Waals surface area contributed by atoms with E-state index in [0.29, 0.717) is 0 Å². The van der Waals surface area contributed by atoms with Gasteiger partial charge in [0, 0.05) is 12.4 Å². The third-order valence-corrected chi connectivity index (χ3v) is 1.08. The Morgan fingerprint density at radius 3 is 1.57 bits per heavy atom.